The molecule has 1 aliphatic rings. The monoisotopic (exact) mass is 354 g/mol. The van der Waals surface area contributed by atoms with E-state index >= 15 is 0 Å². The minimum absolute atomic E-state index is 0.00619. The number of nitrogens with one attached hydrogen (secondary N) is 1. The highest BCUT2D eigenvalue weighted by atomic mass is 32.2. The molecular weight excluding hydrogens is 328 g/mol. The number of hydrogen-bond donors (Lipinski definition) is 1. The van der Waals surface area contributed by atoms with E-state index in [4.69, 9.17) is 4.74 Å². The highest BCUT2D eigenvalue weighted by Crippen LogP contribution is 2.12. The molecule has 0 aliphatic carbocycles. The topological polar surface area (TPSA) is 75.7 Å². The van der Waals surface area contributed by atoms with Crippen molar-refractivity contribution in [2.24, 2.45) is 0 Å². The number of morpholine rings is 1. The fraction of sp³-hybridized carbons (Fsp3) is 0.588. The van der Waals surface area contributed by atoms with Gasteiger partial charge in [-0.1, -0.05) is 17.7 Å². The van der Waals surface area contributed by atoms with Gasteiger partial charge in [-0.3, -0.25) is 9.69 Å². The van der Waals surface area contributed by atoms with Crippen LogP contribution in [0.15, 0.2) is 29.2 Å². The van der Waals surface area contributed by atoms with E-state index in [0.29, 0.717) is 6.54 Å². The van der Waals surface area contributed by atoms with Crippen LogP contribution in [0.25, 0.3) is 0 Å². The molecule has 1 N–H and O–H groups in total. The summed E-state index contributed by atoms with van der Waals surface area (Å²) in [5, 5.41) is 2.79. The van der Waals surface area contributed by atoms with Gasteiger partial charge in [0.25, 0.3) is 0 Å². The van der Waals surface area contributed by atoms with Crippen molar-refractivity contribution in [3.63, 3.8) is 0 Å². The third-order valence-electron chi connectivity index (χ3n) is 4.05. The van der Waals surface area contributed by atoms with E-state index in [9.17, 15) is 13.2 Å². The van der Waals surface area contributed by atoms with Crippen LogP contribution in [-0.2, 0) is 19.4 Å². The largest absolute Gasteiger partial charge is 0.379 e. The normalized spacial score (nSPS) is 16.0. The molecule has 7 heteroatoms. The zero-order chi connectivity index (χ0) is 17.4. The van der Waals surface area contributed by atoms with Crippen LogP contribution < -0.4 is 5.32 Å². The van der Waals surface area contributed by atoms with Gasteiger partial charge >= 0.3 is 0 Å². The van der Waals surface area contributed by atoms with Crippen LogP contribution in [0.5, 0.6) is 0 Å². The van der Waals surface area contributed by atoms with Gasteiger partial charge in [0.15, 0.2) is 9.84 Å². The average Bonchev–Trinajstić information content (AvgIpc) is 2.58. The maximum atomic E-state index is 12.2. The number of nitrogens with zero attached hydrogens (tertiary/aromatic N) is 1. The second-order valence-corrected chi connectivity index (χ2v) is 8.15. The minimum Gasteiger partial charge on any atom is -0.379 e. The summed E-state index contributed by atoms with van der Waals surface area (Å²) < 4.78 is 29.7. The number of sulfone groups is 1. The Kier molecular flexibility index (Phi) is 7.20. The molecule has 0 radical (unpaired) electrons. The standard InChI is InChI=1S/C17H26N2O4S/c1-15-3-5-16(6-4-15)24(21,22)14-7-17(20)18-8-2-9-19-10-12-23-13-11-19/h3-6H,2,7-14H2,1H3,(H,18,20). The fourth-order valence-corrected chi connectivity index (χ4v) is 3.77. The maximum absolute atomic E-state index is 12.2. The molecule has 1 aliphatic heterocycles. The zero-order valence-electron chi connectivity index (χ0n) is 14.2. The van der Waals surface area contributed by atoms with Crippen LogP contribution >= 0.6 is 0 Å². The Morgan fingerprint density at radius 3 is 2.54 bits per heavy atom. The molecule has 1 amide bonds. The number of rotatable bonds is 8. The molecule has 0 unspecified atom stereocenters. The molecule has 0 spiro atoms. The van der Waals surface area contributed by atoms with Gasteiger partial charge in [-0.25, -0.2) is 8.42 Å². The van der Waals surface area contributed by atoms with E-state index in [2.05, 4.69) is 10.2 Å². The quantitative estimate of drug-likeness (QED) is 0.705. The van der Waals surface area contributed by atoms with E-state index in [1.807, 2.05) is 6.92 Å². The fourth-order valence-electron chi connectivity index (χ4n) is 2.53. The molecule has 0 aromatic heterocycles. The molecule has 0 bridgehead atoms. The van der Waals surface area contributed by atoms with Gasteiger partial charge in [-0.2, -0.15) is 0 Å². The van der Waals surface area contributed by atoms with Crippen LogP contribution in [0, 0.1) is 6.92 Å². The van der Waals surface area contributed by atoms with Gasteiger partial charge in [0.2, 0.25) is 5.91 Å². The highest BCUT2D eigenvalue weighted by Gasteiger charge is 2.16. The molecule has 1 heterocycles. The lowest BCUT2D eigenvalue weighted by molar-refractivity contribution is -0.120. The molecule has 24 heavy (non-hydrogen) atoms. The molecule has 0 atom stereocenters. The summed E-state index contributed by atoms with van der Waals surface area (Å²) in [7, 11) is -3.40. The van der Waals surface area contributed by atoms with Gasteiger partial charge < -0.3 is 10.1 Å². The second-order valence-electron chi connectivity index (χ2n) is 6.04. The number of benzene rings is 1. The Morgan fingerprint density at radius 1 is 1.21 bits per heavy atom. The van der Waals surface area contributed by atoms with Crippen molar-refractivity contribution in [2.75, 3.05) is 45.1 Å². The highest BCUT2D eigenvalue weighted by molar-refractivity contribution is 7.91. The van der Waals surface area contributed by atoms with Crippen LogP contribution in [0.1, 0.15) is 18.4 Å². The third kappa shape index (κ3) is 6.22. The summed E-state index contributed by atoms with van der Waals surface area (Å²) in [4.78, 5) is 14.4. The lowest BCUT2D eigenvalue weighted by atomic mass is 10.2. The maximum Gasteiger partial charge on any atom is 0.221 e. The van der Waals surface area contributed by atoms with E-state index in [1.165, 1.54) is 0 Å². The number of hydrogen-bond acceptors (Lipinski definition) is 5. The first-order chi connectivity index (χ1) is 11.5. The predicted molar refractivity (Wildman–Crippen MR) is 92.7 cm³/mol. The van der Waals surface area contributed by atoms with Crippen molar-refractivity contribution in [3.05, 3.63) is 29.8 Å². The number of carbonyl (C=O) groups is 1. The third-order valence-corrected chi connectivity index (χ3v) is 5.79. The number of amides is 1. The first-order valence-electron chi connectivity index (χ1n) is 8.33. The number of ether oxygens (including phenoxy) is 1. The summed E-state index contributed by atoms with van der Waals surface area (Å²) in [5.74, 6) is -0.376. The Balaban J connectivity index is 1.65. The Hall–Kier alpha value is -1.44. The Morgan fingerprint density at radius 2 is 1.88 bits per heavy atom. The van der Waals surface area contributed by atoms with Crippen LogP contribution in [-0.4, -0.2) is 64.4 Å². The minimum atomic E-state index is -3.40. The van der Waals surface area contributed by atoms with Gasteiger partial charge in [0, 0.05) is 26.1 Å². The van der Waals surface area contributed by atoms with E-state index in [-0.39, 0.29) is 23.0 Å². The lowest BCUT2D eigenvalue weighted by Gasteiger charge is -2.26. The number of aryl methyl sites for hydroxylation is 1. The molecular formula is C17H26N2O4S. The smallest absolute Gasteiger partial charge is 0.221 e. The summed E-state index contributed by atoms with van der Waals surface area (Å²) >= 11 is 0. The van der Waals surface area contributed by atoms with Crippen molar-refractivity contribution in [1.82, 2.24) is 10.2 Å². The van der Waals surface area contributed by atoms with Crippen molar-refractivity contribution in [1.29, 1.82) is 0 Å². The van der Waals surface area contributed by atoms with Crippen LogP contribution in [0.4, 0.5) is 0 Å². The van der Waals surface area contributed by atoms with Crippen molar-refractivity contribution < 1.29 is 17.9 Å². The van der Waals surface area contributed by atoms with Crippen LogP contribution in [0.2, 0.25) is 0 Å². The van der Waals surface area contributed by atoms with Crippen molar-refractivity contribution in [3.8, 4) is 0 Å². The predicted octanol–water partition coefficient (Wildman–Crippen LogP) is 0.997. The summed E-state index contributed by atoms with van der Waals surface area (Å²) in [5.41, 5.74) is 1.01. The molecule has 2 rings (SSSR count). The van der Waals surface area contributed by atoms with E-state index < -0.39 is 9.84 Å². The zero-order valence-corrected chi connectivity index (χ0v) is 15.0. The van der Waals surface area contributed by atoms with E-state index in [0.717, 1.165) is 44.8 Å². The van der Waals surface area contributed by atoms with Gasteiger partial charge in [-0.15, -0.1) is 0 Å². The van der Waals surface area contributed by atoms with Gasteiger partial charge in [0.1, 0.15) is 0 Å². The van der Waals surface area contributed by atoms with Crippen LogP contribution in [0.3, 0.4) is 0 Å². The molecule has 134 valence electrons. The van der Waals surface area contributed by atoms with Crippen molar-refractivity contribution in [2.45, 2.75) is 24.7 Å². The lowest BCUT2D eigenvalue weighted by Crippen LogP contribution is -2.38. The van der Waals surface area contributed by atoms with Gasteiger partial charge in [0.05, 0.1) is 23.9 Å². The molecule has 1 aromatic rings. The molecule has 1 saturated heterocycles. The molecule has 6 nitrogen and oxygen atoms in total. The SMILES string of the molecule is Cc1ccc(S(=O)(=O)CCC(=O)NCCCN2CCOCC2)cc1. The van der Waals surface area contributed by atoms with Gasteiger partial charge in [-0.05, 0) is 32.0 Å². The molecule has 1 aromatic carbocycles. The summed E-state index contributed by atoms with van der Waals surface area (Å²) in [6.45, 7) is 6.80. The Bertz CT molecular complexity index is 622. The molecule has 0 saturated carbocycles. The molecule has 1 fully saturated rings. The second kappa shape index (κ2) is 9.15. The first-order valence-corrected chi connectivity index (χ1v) is 9.99. The summed E-state index contributed by atoms with van der Waals surface area (Å²) in [6.07, 6.45) is 0.851. The van der Waals surface area contributed by atoms with Crippen molar-refractivity contribution >= 4 is 15.7 Å². The first kappa shape index (κ1) is 18.9. The Labute approximate surface area is 144 Å². The van der Waals surface area contributed by atoms with E-state index in [1.54, 1.807) is 24.3 Å². The average molecular weight is 354 g/mol. The number of carbonyl (C=O) groups excluding carboxylic acids is 1. The summed E-state index contributed by atoms with van der Waals surface area (Å²) in [6, 6.07) is 6.70.